The molecule has 0 radical (unpaired) electrons. The van der Waals surface area contributed by atoms with Gasteiger partial charge in [0.05, 0.1) is 5.56 Å². The molecule has 1 aromatic carbocycles. The van der Waals surface area contributed by atoms with Crippen molar-refractivity contribution in [2.45, 2.75) is 31.6 Å². The number of rotatable bonds is 4. The topological polar surface area (TPSA) is 32.3 Å². The van der Waals surface area contributed by atoms with Crippen LogP contribution in [0.15, 0.2) is 36.9 Å². The maximum absolute atomic E-state index is 12.5. The van der Waals surface area contributed by atoms with Crippen molar-refractivity contribution in [2.24, 2.45) is 0 Å². The second kappa shape index (κ2) is 6.96. The van der Waals surface area contributed by atoms with Crippen LogP contribution >= 0.6 is 0 Å². The standard InChI is InChI=1S/C16H19F3N2O/c1-2-15(22)21-9-3-4-14(11-21)20-10-12-5-7-13(8-6-12)16(17,18)19/h2,5-8,14,20H,1,3-4,9-11H2. The number of alkyl halides is 3. The Hall–Kier alpha value is -1.82. The van der Waals surface area contributed by atoms with Crippen LogP contribution in [0.5, 0.6) is 0 Å². The van der Waals surface area contributed by atoms with Crippen LogP contribution < -0.4 is 5.32 Å². The largest absolute Gasteiger partial charge is 0.416 e. The summed E-state index contributed by atoms with van der Waals surface area (Å²) in [4.78, 5) is 13.3. The van der Waals surface area contributed by atoms with Gasteiger partial charge in [0, 0.05) is 25.7 Å². The van der Waals surface area contributed by atoms with Crippen molar-refractivity contribution in [1.29, 1.82) is 0 Å². The van der Waals surface area contributed by atoms with E-state index in [1.54, 1.807) is 4.90 Å². The lowest BCUT2D eigenvalue weighted by molar-refractivity contribution is -0.137. The van der Waals surface area contributed by atoms with E-state index < -0.39 is 11.7 Å². The van der Waals surface area contributed by atoms with Gasteiger partial charge in [-0.2, -0.15) is 13.2 Å². The summed E-state index contributed by atoms with van der Waals surface area (Å²) in [6.07, 6.45) is -1.15. The van der Waals surface area contributed by atoms with Gasteiger partial charge in [-0.1, -0.05) is 18.7 Å². The van der Waals surface area contributed by atoms with E-state index in [0.29, 0.717) is 13.1 Å². The third-order valence-electron chi connectivity index (χ3n) is 3.78. The minimum Gasteiger partial charge on any atom is -0.338 e. The number of nitrogens with one attached hydrogen (secondary N) is 1. The summed E-state index contributed by atoms with van der Waals surface area (Å²) in [5.41, 5.74) is 0.150. The number of halogens is 3. The van der Waals surface area contributed by atoms with E-state index in [1.165, 1.54) is 18.2 Å². The molecule has 0 aliphatic carbocycles. The molecule has 1 aromatic rings. The first-order valence-electron chi connectivity index (χ1n) is 7.21. The number of nitrogens with zero attached hydrogens (tertiary/aromatic N) is 1. The molecule has 1 N–H and O–H groups in total. The molecule has 1 heterocycles. The number of carbonyl (C=O) groups excluding carboxylic acids is 1. The highest BCUT2D eigenvalue weighted by atomic mass is 19.4. The Labute approximate surface area is 127 Å². The molecule has 6 heteroatoms. The summed E-state index contributed by atoms with van der Waals surface area (Å²) >= 11 is 0. The molecule has 3 nitrogen and oxygen atoms in total. The second-order valence-electron chi connectivity index (χ2n) is 5.40. The lowest BCUT2D eigenvalue weighted by atomic mass is 10.0. The molecule has 1 amide bonds. The van der Waals surface area contributed by atoms with Crippen molar-refractivity contribution >= 4 is 5.91 Å². The van der Waals surface area contributed by atoms with Crippen molar-refractivity contribution in [3.05, 3.63) is 48.0 Å². The monoisotopic (exact) mass is 312 g/mol. The molecule has 2 rings (SSSR count). The zero-order chi connectivity index (χ0) is 16.2. The number of piperidine rings is 1. The van der Waals surface area contributed by atoms with Crippen LogP contribution in [-0.2, 0) is 17.5 Å². The minimum atomic E-state index is -4.30. The zero-order valence-electron chi connectivity index (χ0n) is 12.2. The van der Waals surface area contributed by atoms with E-state index in [9.17, 15) is 18.0 Å². The Morgan fingerprint density at radius 3 is 2.64 bits per heavy atom. The van der Waals surface area contributed by atoms with Crippen LogP contribution in [-0.4, -0.2) is 29.9 Å². The fraction of sp³-hybridized carbons (Fsp3) is 0.438. The van der Waals surface area contributed by atoms with Gasteiger partial charge in [0.25, 0.3) is 0 Å². The van der Waals surface area contributed by atoms with Crippen molar-refractivity contribution < 1.29 is 18.0 Å². The van der Waals surface area contributed by atoms with Crippen LogP contribution in [0, 0.1) is 0 Å². The van der Waals surface area contributed by atoms with Gasteiger partial charge in [0.1, 0.15) is 0 Å². The first-order valence-corrected chi connectivity index (χ1v) is 7.21. The van der Waals surface area contributed by atoms with Crippen LogP contribution in [0.2, 0.25) is 0 Å². The van der Waals surface area contributed by atoms with Crippen LogP contribution in [0.4, 0.5) is 13.2 Å². The predicted octanol–water partition coefficient (Wildman–Crippen LogP) is 2.97. The fourth-order valence-corrected chi connectivity index (χ4v) is 2.55. The molecule has 0 saturated carbocycles. The lowest BCUT2D eigenvalue weighted by Gasteiger charge is -2.32. The Kier molecular flexibility index (Phi) is 5.24. The van der Waals surface area contributed by atoms with Gasteiger partial charge in [0.2, 0.25) is 5.91 Å². The van der Waals surface area contributed by atoms with Gasteiger partial charge in [-0.15, -0.1) is 0 Å². The minimum absolute atomic E-state index is 0.0824. The van der Waals surface area contributed by atoms with E-state index in [2.05, 4.69) is 11.9 Å². The van der Waals surface area contributed by atoms with E-state index in [0.717, 1.165) is 37.1 Å². The summed E-state index contributed by atoms with van der Waals surface area (Å²) in [6.45, 7) is 5.29. The highest BCUT2D eigenvalue weighted by molar-refractivity contribution is 5.87. The summed E-state index contributed by atoms with van der Waals surface area (Å²) in [5, 5.41) is 3.30. The number of hydrogen-bond acceptors (Lipinski definition) is 2. The Morgan fingerprint density at radius 1 is 1.36 bits per heavy atom. The number of hydrogen-bond donors (Lipinski definition) is 1. The Morgan fingerprint density at radius 2 is 2.05 bits per heavy atom. The molecule has 0 bridgehead atoms. The molecular weight excluding hydrogens is 293 g/mol. The van der Waals surface area contributed by atoms with Crippen LogP contribution in [0.25, 0.3) is 0 Å². The van der Waals surface area contributed by atoms with Gasteiger partial charge >= 0.3 is 6.18 Å². The van der Waals surface area contributed by atoms with Crippen LogP contribution in [0.3, 0.4) is 0 Å². The van der Waals surface area contributed by atoms with Gasteiger partial charge in [-0.25, -0.2) is 0 Å². The summed E-state index contributed by atoms with van der Waals surface area (Å²) in [7, 11) is 0. The molecule has 1 fully saturated rings. The third kappa shape index (κ3) is 4.34. The molecule has 1 unspecified atom stereocenters. The van der Waals surface area contributed by atoms with Gasteiger partial charge in [-0.05, 0) is 36.6 Å². The van der Waals surface area contributed by atoms with Gasteiger partial charge in [-0.3, -0.25) is 4.79 Å². The quantitative estimate of drug-likeness (QED) is 0.867. The second-order valence-corrected chi connectivity index (χ2v) is 5.40. The van der Waals surface area contributed by atoms with Crippen LogP contribution in [0.1, 0.15) is 24.0 Å². The predicted molar refractivity (Wildman–Crippen MR) is 78.1 cm³/mol. The Balaban J connectivity index is 1.87. The van der Waals surface area contributed by atoms with E-state index in [1.807, 2.05) is 0 Å². The lowest BCUT2D eigenvalue weighted by Crippen LogP contribution is -2.47. The molecule has 120 valence electrons. The maximum Gasteiger partial charge on any atom is 0.416 e. The molecule has 1 atom stereocenters. The number of likely N-dealkylation sites (tertiary alicyclic amines) is 1. The van der Waals surface area contributed by atoms with E-state index in [-0.39, 0.29) is 11.9 Å². The normalized spacial score (nSPS) is 19.0. The average molecular weight is 312 g/mol. The molecule has 1 saturated heterocycles. The van der Waals surface area contributed by atoms with Crippen molar-refractivity contribution in [2.75, 3.05) is 13.1 Å². The van der Waals surface area contributed by atoms with Crippen molar-refractivity contribution in [3.63, 3.8) is 0 Å². The number of amides is 1. The third-order valence-corrected chi connectivity index (χ3v) is 3.78. The molecule has 0 aromatic heterocycles. The fourth-order valence-electron chi connectivity index (χ4n) is 2.55. The van der Waals surface area contributed by atoms with Gasteiger partial charge in [0.15, 0.2) is 0 Å². The molecule has 22 heavy (non-hydrogen) atoms. The number of benzene rings is 1. The number of carbonyl (C=O) groups is 1. The van der Waals surface area contributed by atoms with Crippen molar-refractivity contribution in [1.82, 2.24) is 10.2 Å². The molecule has 1 aliphatic rings. The first kappa shape index (κ1) is 16.5. The SMILES string of the molecule is C=CC(=O)N1CCCC(NCc2ccc(C(F)(F)F)cc2)C1. The first-order chi connectivity index (χ1) is 10.4. The molecular formula is C16H19F3N2O. The zero-order valence-corrected chi connectivity index (χ0v) is 12.2. The van der Waals surface area contributed by atoms with Gasteiger partial charge < -0.3 is 10.2 Å². The molecule has 0 spiro atoms. The summed E-state index contributed by atoms with van der Waals surface area (Å²) in [5.74, 6) is -0.0824. The summed E-state index contributed by atoms with van der Waals surface area (Å²) < 4.78 is 37.5. The van der Waals surface area contributed by atoms with Crippen molar-refractivity contribution in [3.8, 4) is 0 Å². The van der Waals surface area contributed by atoms with E-state index >= 15 is 0 Å². The Bertz CT molecular complexity index is 525. The highest BCUT2D eigenvalue weighted by Gasteiger charge is 2.30. The average Bonchev–Trinajstić information content (AvgIpc) is 2.52. The molecule has 1 aliphatic heterocycles. The maximum atomic E-state index is 12.5. The van der Waals surface area contributed by atoms with E-state index in [4.69, 9.17) is 0 Å². The highest BCUT2D eigenvalue weighted by Crippen LogP contribution is 2.29. The smallest absolute Gasteiger partial charge is 0.338 e. The summed E-state index contributed by atoms with van der Waals surface area (Å²) in [6, 6.07) is 5.29.